The van der Waals surface area contributed by atoms with Gasteiger partial charge in [-0.2, -0.15) is 0 Å². The van der Waals surface area contributed by atoms with Gasteiger partial charge < -0.3 is 15.3 Å². The molecule has 2 aliphatic rings. The Kier molecular flexibility index (Phi) is 4.37. The molecule has 1 aromatic rings. The zero-order valence-electron chi connectivity index (χ0n) is 11.5. The smallest absolute Gasteiger partial charge is 0.220 e. The number of hydrogen-bond acceptors (Lipinski definition) is 4. The van der Waals surface area contributed by atoms with E-state index in [4.69, 9.17) is 5.11 Å². The highest BCUT2D eigenvalue weighted by molar-refractivity contribution is 5.74. The summed E-state index contributed by atoms with van der Waals surface area (Å²) in [5.74, 6) is 0.196. The Labute approximate surface area is 113 Å². The molecule has 2 N–H and O–H groups in total. The van der Waals surface area contributed by atoms with E-state index in [1.165, 1.54) is 32.5 Å². The molecule has 5 heteroatoms. The van der Waals surface area contributed by atoms with Crippen LogP contribution in [-0.4, -0.2) is 33.5 Å². The largest absolute Gasteiger partial charge is 0.506 e. The average molecular weight is 263 g/mol. The van der Waals surface area contributed by atoms with Gasteiger partial charge in [-0.15, -0.1) is 0 Å². The number of rotatable bonds is 0. The molecule has 2 aliphatic heterocycles. The van der Waals surface area contributed by atoms with Crippen LogP contribution in [0, 0.1) is 0 Å². The molecule has 1 fully saturated rings. The highest BCUT2D eigenvalue weighted by Gasteiger charge is 2.21. The van der Waals surface area contributed by atoms with Gasteiger partial charge in [-0.25, -0.2) is 0 Å². The Morgan fingerprint density at radius 1 is 1.53 bits per heavy atom. The van der Waals surface area contributed by atoms with Gasteiger partial charge in [0.05, 0.1) is 18.4 Å². The quantitative estimate of drug-likeness (QED) is 0.742. The molecule has 0 radical (unpaired) electrons. The van der Waals surface area contributed by atoms with E-state index in [0.29, 0.717) is 13.1 Å². The van der Waals surface area contributed by atoms with Crippen LogP contribution in [-0.2, 0) is 17.9 Å². The fraction of sp³-hybridized carbons (Fsp3) is 0.571. The summed E-state index contributed by atoms with van der Waals surface area (Å²) in [4.78, 5) is 16.8. The summed E-state index contributed by atoms with van der Waals surface area (Å²) >= 11 is 0. The molecular weight excluding hydrogens is 242 g/mol. The van der Waals surface area contributed by atoms with Crippen LogP contribution >= 0.6 is 0 Å². The fourth-order valence-electron chi connectivity index (χ4n) is 2.33. The molecule has 1 aromatic heterocycles. The number of aromatic hydroxyl groups is 1. The lowest BCUT2D eigenvalue weighted by molar-refractivity contribution is -0.129. The van der Waals surface area contributed by atoms with Crippen molar-refractivity contribution in [2.24, 2.45) is 0 Å². The molecule has 0 bridgehead atoms. The van der Waals surface area contributed by atoms with Crippen LogP contribution in [0.2, 0.25) is 0 Å². The Bertz CT molecular complexity index is 456. The van der Waals surface area contributed by atoms with E-state index in [0.717, 1.165) is 17.3 Å². The van der Waals surface area contributed by atoms with Crippen LogP contribution in [0.15, 0.2) is 12.3 Å². The molecule has 5 nitrogen and oxygen atoms in total. The zero-order chi connectivity index (χ0) is 13.8. The predicted molar refractivity (Wildman–Crippen MR) is 72.5 cm³/mol. The second-order valence-corrected chi connectivity index (χ2v) is 5.17. The van der Waals surface area contributed by atoms with Gasteiger partial charge in [-0.1, -0.05) is 0 Å². The van der Waals surface area contributed by atoms with Gasteiger partial charge in [0.15, 0.2) is 0 Å². The highest BCUT2D eigenvalue weighted by Crippen LogP contribution is 2.23. The summed E-state index contributed by atoms with van der Waals surface area (Å²) < 4.78 is 0. The van der Waals surface area contributed by atoms with E-state index in [1.807, 2.05) is 0 Å². The number of carbonyl (C=O) groups excluding carboxylic acids is 1. The minimum Gasteiger partial charge on any atom is -0.506 e. The van der Waals surface area contributed by atoms with Crippen LogP contribution in [0.1, 0.15) is 37.9 Å². The minimum absolute atomic E-state index is 0.0393. The normalized spacial score (nSPS) is 20.7. The SMILES string of the molecule is CC(=O)N1Cc2cc(O)cnc2C1.C[C@H]1CCCN1. The molecule has 1 saturated heterocycles. The fourth-order valence-corrected chi connectivity index (χ4v) is 2.33. The van der Waals surface area contributed by atoms with Crippen molar-refractivity contribution in [3.05, 3.63) is 23.5 Å². The number of fused-ring (bicyclic) bond motifs is 1. The van der Waals surface area contributed by atoms with Gasteiger partial charge in [-0.05, 0) is 37.9 Å². The van der Waals surface area contributed by atoms with Gasteiger partial charge in [-0.3, -0.25) is 9.78 Å². The van der Waals surface area contributed by atoms with E-state index in [1.54, 1.807) is 11.0 Å². The molecule has 3 rings (SSSR count). The lowest BCUT2D eigenvalue weighted by Crippen LogP contribution is -2.21. The first kappa shape index (κ1) is 13.8. The Hall–Kier alpha value is -1.62. The average Bonchev–Trinajstić information content (AvgIpc) is 2.97. The molecule has 19 heavy (non-hydrogen) atoms. The zero-order valence-corrected chi connectivity index (χ0v) is 11.5. The molecule has 1 amide bonds. The number of pyridine rings is 1. The second-order valence-electron chi connectivity index (χ2n) is 5.17. The van der Waals surface area contributed by atoms with Gasteiger partial charge >= 0.3 is 0 Å². The maximum Gasteiger partial charge on any atom is 0.220 e. The third-order valence-electron chi connectivity index (χ3n) is 3.50. The monoisotopic (exact) mass is 263 g/mol. The van der Waals surface area contributed by atoms with E-state index in [9.17, 15) is 4.79 Å². The Balaban J connectivity index is 0.000000186. The minimum atomic E-state index is 0.0393. The van der Waals surface area contributed by atoms with Gasteiger partial charge in [0.2, 0.25) is 5.91 Å². The predicted octanol–water partition coefficient (Wildman–Crippen LogP) is 1.41. The number of carbonyl (C=O) groups is 1. The van der Waals surface area contributed by atoms with E-state index >= 15 is 0 Å². The van der Waals surface area contributed by atoms with Crippen LogP contribution in [0.5, 0.6) is 5.75 Å². The number of aromatic nitrogens is 1. The molecule has 104 valence electrons. The van der Waals surface area contributed by atoms with Crippen LogP contribution in [0.3, 0.4) is 0 Å². The molecule has 0 spiro atoms. The third-order valence-corrected chi connectivity index (χ3v) is 3.50. The summed E-state index contributed by atoms with van der Waals surface area (Å²) in [5.41, 5.74) is 1.82. The standard InChI is InChI=1S/C9H10N2O2.C5H11N/c1-6(12)11-4-7-2-8(13)3-10-9(7)5-11;1-5-3-2-4-6-5/h2-3,13H,4-5H2,1H3;5-6H,2-4H2,1H3/t;5-/m.0/s1. The molecule has 0 saturated carbocycles. The Morgan fingerprint density at radius 3 is 2.84 bits per heavy atom. The molecule has 0 aromatic carbocycles. The first-order valence-electron chi connectivity index (χ1n) is 6.72. The van der Waals surface area contributed by atoms with E-state index < -0.39 is 0 Å². The molecule has 3 heterocycles. The topological polar surface area (TPSA) is 65.5 Å². The maximum absolute atomic E-state index is 11.0. The number of hydrogen-bond donors (Lipinski definition) is 2. The summed E-state index contributed by atoms with van der Waals surface area (Å²) in [6, 6.07) is 2.45. The molecule has 0 aliphatic carbocycles. The van der Waals surface area contributed by atoms with Crippen LogP contribution in [0.4, 0.5) is 0 Å². The van der Waals surface area contributed by atoms with Crippen molar-refractivity contribution in [1.82, 2.24) is 15.2 Å². The maximum atomic E-state index is 11.0. The van der Waals surface area contributed by atoms with Gasteiger partial charge in [0.25, 0.3) is 0 Å². The lowest BCUT2D eigenvalue weighted by Gasteiger charge is -2.10. The lowest BCUT2D eigenvalue weighted by atomic mass is 10.2. The number of nitrogens with zero attached hydrogens (tertiary/aromatic N) is 2. The molecular formula is C14H21N3O2. The molecule has 0 unspecified atom stereocenters. The Morgan fingerprint density at radius 2 is 2.32 bits per heavy atom. The van der Waals surface area contributed by atoms with Crippen LogP contribution < -0.4 is 5.32 Å². The summed E-state index contributed by atoms with van der Waals surface area (Å²) in [6.07, 6.45) is 4.16. The summed E-state index contributed by atoms with van der Waals surface area (Å²) in [7, 11) is 0. The van der Waals surface area contributed by atoms with Crippen molar-refractivity contribution >= 4 is 5.91 Å². The van der Waals surface area contributed by atoms with Crippen molar-refractivity contribution in [1.29, 1.82) is 0 Å². The van der Waals surface area contributed by atoms with Crippen molar-refractivity contribution in [2.75, 3.05) is 6.54 Å². The highest BCUT2D eigenvalue weighted by atomic mass is 16.3. The van der Waals surface area contributed by atoms with Gasteiger partial charge in [0.1, 0.15) is 5.75 Å². The summed E-state index contributed by atoms with van der Waals surface area (Å²) in [5, 5.41) is 12.5. The van der Waals surface area contributed by atoms with Crippen molar-refractivity contribution in [3.63, 3.8) is 0 Å². The first-order chi connectivity index (χ1) is 9.06. The van der Waals surface area contributed by atoms with Crippen molar-refractivity contribution < 1.29 is 9.90 Å². The third kappa shape index (κ3) is 3.67. The molecule has 1 atom stereocenters. The summed E-state index contributed by atoms with van der Waals surface area (Å²) in [6.45, 7) is 6.12. The number of nitrogens with one attached hydrogen (secondary N) is 1. The van der Waals surface area contributed by atoms with Crippen LogP contribution in [0.25, 0.3) is 0 Å². The van der Waals surface area contributed by atoms with Crippen molar-refractivity contribution in [2.45, 2.75) is 45.8 Å². The second kappa shape index (κ2) is 6.02. The van der Waals surface area contributed by atoms with E-state index in [-0.39, 0.29) is 11.7 Å². The number of amides is 1. The first-order valence-corrected chi connectivity index (χ1v) is 6.72. The van der Waals surface area contributed by atoms with Gasteiger partial charge in [0, 0.05) is 19.5 Å². The van der Waals surface area contributed by atoms with Crippen molar-refractivity contribution in [3.8, 4) is 5.75 Å². The van der Waals surface area contributed by atoms with E-state index in [2.05, 4.69) is 17.2 Å².